The van der Waals surface area contributed by atoms with E-state index >= 15 is 0 Å². The zero-order chi connectivity index (χ0) is 12.8. The van der Waals surface area contributed by atoms with Gasteiger partial charge in [-0.2, -0.15) is 0 Å². The third kappa shape index (κ3) is 3.09. The summed E-state index contributed by atoms with van der Waals surface area (Å²) >= 11 is 0. The molecule has 1 aliphatic heterocycles. The van der Waals surface area contributed by atoms with E-state index in [1.165, 1.54) is 16.7 Å². The van der Waals surface area contributed by atoms with E-state index in [1.807, 2.05) is 12.2 Å². The zero-order valence-corrected chi connectivity index (χ0v) is 11.0. The first kappa shape index (κ1) is 13.1. The van der Waals surface area contributed by atoms with Gasteiger partial charge in [0.15, 0.2) is 0 Å². The predicted octanol–water partition coefficient (Wildman–Crippen LogP) is 2.51. The summed E-state index contributed by atoms with van der Waals surface area (Å²) in [6.45, 7) is 12.6. The number of hydrogen-bond donors (Lipinski definition) is 1. The number of nitrogens with zero attached hydrogens (tertiary/aromatic N) is 1. The smallest absolute Gasteiger partial charge is 0.0243 e. The van der Waals surface area contributed by atoms with Crippen LogP contribution in [-0.2, 0) is 19.5 Å². The van der Waals surface area contributed by atoms with Crippen LogP contribution in [0.1, 0.15) is 16.7 Å². The second-order valence-electron chi connectivity index (χ2n) is 4.75. The van der Waals surface area contributed by atoms with Crippen LogP contribution >= 0.6 is 0 Å². The molecule has 1 N–H and O–H groups in total. The molecule has 1 aromatic carbocycles. The molecule has 0 saturated heterocycles. The van der Waals surface area contributed by atoms with Gasteiger partial charge in [0, 0.05) is 26.2 Å². The van der Waals surface area contributed by atoms with Crippen molar-refractivity contribution in [2.45, 2.75) is 19.5 Å². The Morgan fingerprint density at radius 2 is 2.00 bits per heavy atom. The van der Waals surface area contributed by atoms with Crippen molar-refractivity contribution >= 4 is 0 Å². The molecule has 0 unspecified atom stereocenters. The molecule has 0 aromatic heterocycles. The maximum atomic E-state index is 3.83. The fourth-order valence-corrected chi connectivity index (χ4v) is 2.57. The standard InChI is InChI=1S/C16H22N2/c1-3-10-18(11-4-2)13-15-7-5-6-14-12-17-9-8-16(14)15/h3-7,17H,1-2,8-13H2. The summed E-state index contributed by atoms with van der Waals surface area (Å²) in [5.74, 6) is 0. The van der Waals surface area contributed by atoms with Crippen LogP contribution in [0.25, 0.3) is 0 Å². The highest BCUT2D eigenvalue weighted by Crippen LogP contribution is 2.20. The molecule has 0 aliphatic carbocycles. The van der Waals surface area contributed by atoms with Gasteiger partial charge in [0.2, 0.25) is 0 Å². The highest BCUT2D eigenvalue weighted by atomic mass is 15.1. The molecule has 0 spiro atoms. The molecule has 96 valence electrons. The minimum absolute atomic E-state index is 0.911. The molecule has 0 fully saturated rings. The maximum absolute atomic E-state index is 3.83. The Balaban J connectivity index is 2.16. The summed E-state index contributed by atoms with van der Waals surface area (Å²) in [7, 11) is 0. The number of rotatable bonds is 6. The van der Waals surface area contributed by atoms with E-state index in [2.05, 4.69) is 41.6 Å². The lowest BCUT2D eigenvalue weighted by Crippen LogP contribution is -2.28. The Labute approximate surface area is 110 Å². The normalized spacial score (nSPS) is 14.3. The average molecular weight is 242 g/mol. The molecule has 0 bridgehead atoms. The summed E-state index contributed by atoms with van der Waals surface area (Å²) < 4.78 is 0. The highest BCUT2D eigenvalue weighted by molar-refractivity contribution is 5.37. The van der Waals surface area contributed by atoms with E-state index < -0.39 is 0 Å². The van der Waals surface area contributed by atoms with Gasteiger partial charge < -0.3 is 5.32 Å². The van der Waals surface area contributed by atoms with Gasteiger partial charge in [-0.05, 0) is 29.7 Å². The lowest BCUT2D eigenvalue weighted by Gasteiger charge is -2.24. The molecule has 0 saturated carbocycles. The Morgan fingerprint density at radius 1 is 1.22 bits per heavy atom. The molecular formula is C16H22N2. The molecule has 0 radical (unpaired) electrons. The van der Waals surface area contributed by atoms with Crippen molar-refractivity contribution in [3.63, 3.8) is 0 Å². The van der Waals surface area contributed by atoms with Crippen molar-refractivity contribution in [3.8, 4) is 0 Å². The van der Waals surface area contributed by atoms with Crippen LogP contribution in [0.2, 0.25) is 0 Å². The van der Waals surface area contributed by atoms with Crippen LogP contribution in [0.15, 0.2) is 43.5 Å². The van der Waals surface area contributed by atoms with E-state index in [1.54, 1.807) is 0 Å². The maximum Gasteiger partial charge on any atom is 0.0243 e. The minimum Gasteiger partial charge on any atom is -0.312 e. The van der Waals surface area contributed by atoms with Gasteiger partial charge in [-0.25, -0.2) is 0 Å². The van der Waals surface area contributed by atoms with Gasteiger partial charge in [-0.1, -0.05) is 30.4 Å². The van der Waals surface area contributed by atoms with E-state index in [0.717, 1.165) is 39.1 Å². The number of hydrogen-bond acceptors (Lipinski definition) is 2. The first-order valence-corrected chi connectivity index (χ1v) is 6.59. The Bertz CT molecular complexity index is 413. The summed E-state index contributed by atoms with van der Waals surface area (Å²) in [5.41, 5.74) is 4.45. The predicted molar refractivity (Wildman–Crippen MR) is 77.5 cm³/mol. The molecule has 2 nitrogen and oxygen atoms in total. The molecule has 1 heterocycles. The summed E-state index contributed by atoms with van der Waals surface area (Å²) in [6, 6.07) is 6.65. The zero-order valence-electron chi connectivity index (χ0n) is 11.0. The van der Waals surface area contributed by atoms with Gasteiger partial charge in [-0.15, -0.1) is 13.2 Å². The van der Waals surface area contributed by atoms with Crippen molar-refractivity contribution in [1.29, 1.82) is 0 Å². The summed E-state index contributed by atoms with van der Waals surface area (Å²) in [6.07, 6.45) is 5.06. The largest absolute Gasteiger partial charge is 0.312 e. The van der Waals surface area contributed by atoms with Crippen LogP contribution in [0, 0.1) is 0 Å². The van der Waals surface area contributed by atoms with Gasteiger partial charge >= 0.3 is 0 Å². The number of benzene rings is 1. The Hall–Kier alpha value is -1.38. The summed E-state index contributed by atoms with van der Waals surface area (Å²) in [5, 5.41) is 3.43. The average Bonchev–Trinajstić information content (AvgIpc) is 2.40. The SMILES string of the molecule is C=CCN(CC=C)Cc1cccc2c1CCNC2. The van der Waals surface area contributed by atoms with Crippen molar-refractivity contribution in [2.75, 3.05) is 19.6 Å². The molecule has 1 aliphatic rings. The lowest BCUT2D eigenvalue weighted by molar-refractivity contribution is 0.326. The van der Waals surface area contributed by atoms with Crippen molar-refractivity contribution < 1.29 is 0 Å². The fraction of sp³-hybridized carbons (Fsp3) is 0.375. The van der Waals surface area contributed by atoms with Crippen molar-refractivity contribution in [2.24, 2.45) is 0 Å². The summed E-state index contributed by atoms with van der Waals surface area (Å²) in [4.78, 5) is 2.36. The first-order chi connectivity index (χ1) is 8.85. The second kappa shape index (κ2) is 6.53. The van der Waals surface area contributed by atoms with Crippen LogP contribution < -0.4 is 5.32 Å². The molecule has 2 rings (SSSR count). The van der Waals surface area contributed by atoms with E-state index in [9.17, 15) is 0 Å². The lowest BCUT2D eigenvalue weighted by atomic mass is 9.95. The monoisotopic (exact) mass is 242 g/mol. The first-order valence-electron chi connectivity index (χ1n) is 6.59. The molecule has 0 atom stereocenters. The number of nitrogens with one attached hydrogen (secondary N) is 1. The molecule has 1 aromatic rings. The van der Waals surface area contributed by atoms with E-state index in [-0.39, 0.29) is 0 Å². The van der Waals surface area contributed by atoms with E-state index in [4.69, 9.17) is 0 Å². The van der Waals surface area contributed by atoms with Crippen LogP contribution in [0.4, 0.5) is 0 Å². The third-order valence-electron chi connectivity index (χ3n) is 3.41. The number of fused-ring (bicyclic) bond motifs is 1. The van der Waals surface area contributed by atoms with Gasteiger partial charge in [0.05, 0.1) is 0 Å². The van der Waals surface area contributed by atoms with Gasteiger partial charge in [0.25, 0.3) is 0 Å². The molecule has 2 heteroatoms. The van der Waals surface area contributed by atoms with Crippen LogP contribution in [0.3, 0.4) is 0 Å². The minimum atomic E-state index is 0.911. The van der Waals surface area contributed by atoms with Crippen molar-refractivity contribution in [3.05, 3.63) is 60.2 Å². The van der Waals surface area contributed by atoms with Gasteiger partial charge in [-0.3, -0.25) is 4.90 Å². The Morgan fingerprint density at radius 3 is 2.72 bits per heavy atom. The topological polar surface area (TPSA) is 15.3 Å². The molecule has 18 heavy (non-hydrogen) atoms. The van der Waals surface area contributed by atoms with Crippen molar-refractivity contribution in [1.82, 2.24) is 10.2 Å². The quantitative estimate of drug-likeness (QED) is 0.771. The van der Waals surface area contributed by atoms with Crippen LogP contribution in [0.5, 0.6) is 0 Å². The van der Waals surface area contributed by atoms with Gasteiger partial charge in [0.1, 0.15) is 0 Å². The molecular weight excluding hydrogens is 220 g/mol. The second-order valence-corrected chi connectivity index (χ2v) is 4.75. The molecule has 0 amide bonds. The Kier molecular flexibility index (Phi) is 4.73. The fourth-order valence-electron chi connectivity index (χ4n) is 2.57. The highest BCUT2D eigenvalue weighted by Gasteiger charge is 2.13. The van der Waals surface area contributed by atoms with Crippen LogP contribution in [-0.4, -0.2) is 24.5 Å². The third-order valence-corrected chi connectivity index (χ3v) is 3.41. The van der Waals surface area contributed by atoms with E-state index in [0.29, 0.717) is 0 Å².